The van der Waals surface area contributed by atoms with E-state index in [2.05, 4.69) is 19.9 Å². The van der Waals surface area contributed by atoms with Crippen molar-refractivity contribution in [2.75, 3.05) is 0 Å². The number of halogens is 1. The van der Waals surface area contributed by atoms with Gasteiger partial charge in [0.25, 0.3) is 0 Å². The number of ether oxygens (including phenoxy) is 1. The number of hydrogen-bond donors (Lipinski definition) is 0. The van der Waals surface area contributed by atoms with E-state index >= 15 is 0 Å². The summed E-state index contributed by atoms with van der Waals surface area (Å²) in [4.78, 5) is 0. The minimum absolute atomic E-state index is 0.467. The first-order valence-corrected chi connectivity index (χ1v) is 5.98. The van der Waals surface area contributed by atoms with Crippen molar-refractivity contribution in [1.29, 1.82) is 0 Å². The van der Waals surface area contributed by atoms with E-state index in [4.69, 9.17) is 16.3 Å². The van der Waals surface area contributed by atoms with Crippen LogP contribution in [0.25, 0.3) is 0 Å². The first kappa shape index (κ1) is 11.0. The molecule has 0 amide bonds. The molecule has 82 valence electrons. The number of benzene rings is 1. The summed E-state index contributed by atoms with van der Waals surface area (Å²) in [7, 11) is 0. The number of rotatable bonds is 4. The van der Waals surface area contributed by atoms with E-state index in [0.717, 1.165) is 17.9 Å². The molecular formula is C13H17ClO. The Morgan fingerprint density at radius 1 is 1.47 bits per heavy atom. The van der Waals surface area contributed by atoms with E-state index in [1.165, 1.54) is 5.56 Å². The fourth-order valence-electron chi connectivity index (χ4n) is 2.14. The summed E-state index contributed by atoms with van der Waals surface area (Å²) in [5.74, 6) is 0.591. The summed E-state index contributed by atoms with van der Waals surface area (Å²) >= 11 is 5.95. The van der Waals surface area contributed by atoms with E-state index in [-0.39, 0.29) is 0 Å². The van der Waals surface area contributed by atoms with Crippen molar-refractivity contribution < 1.29 is 4.74 Å². The largest absolute Gasteiger partial charge is 0.369 e. The highest BCUT2D eigenvalue weighted by molar-refractivity contribution is 6.30. The van der Waals surface area contributed by atoms with Crippen LogP contribution in [0.3, 0.4) is 0 Å². The zero-order valence-corrected chi connectivity index (χ0v) is 10.00. The second-order valence-corrected chi connectivity index (χ2v) is 4.80. The van der Waals surface area contributed by atoms with Gasteiger partial charge in [0.15, 0.2) is 0 Å². The predicted molar refractivity (Wildman–Crippen MR) is 63.3 cm³/mol. The smallest absolute Gasteiger partial charge is 0.0870 e. The molecular weight excluding hydrogens is 208 g/mol. The molecule has 3 unspecified atom stereocenters. The highest BCUT2D eigenvalue weighted by atomic mass is 35.5. The second-order valence-electron chi connectivity index (χ2n) is 4.36. The Bertz CT molecular complexity index is 337. The average Bonchev–Trinajstić information content (AvgIpc) is 2.96. The Morgan fingerprint density at radius 3 is 2.87 bits per heavy atom. The normalized spacial score (nSPS) is 26.3. The van der Waals surface area contributed by atoms with Crippen molar-refractivity contribution in [2.24, 2.45) is 5.92 Å². The van der Waals surface area contributed by atoms with Gasteiger partial charge in [0, 0.05) is 5.02 Å². The van der Waals surface area contributed by atoms with Gasteiger partial charge < -0.3 is 4.74 Å². The lowest BCUT2D eigenvalue weighted by molar-refractivity contribution is 0.322. The van der Waals surface area contributed by atoms with Crippen molar-refractivity contribution in [3.63, 3.8) is 0 Å². The standard InChI is InChI=1S/C13H17ClO/c1-3-12-13(15-12)9(2)7-10-5-4-6-11(14)8-10/h4-6,8-9,12-13H,3,7H2,1-2H3. The van der Waals surface area contributed by atoms with Crippen LogP contribution in [0.1, 0.15) is 25.8 Å². The Balaban J connectivity index is 1.92. The maximum absolute atomic E-state index is 5.95. The minimum Gasteiger partial charge on any atom is -0.369 e. The summed E-state index contributed by atoms with van der Waals surface area (Å²) in [5.41, 5.74) is 1.31. The van der Waals surface area contributed by atoms with Gasteiger partial charge in [0.1, 0.15) is 0 Å². The minimum atomic E-state index is 0.467. The SMILES string of the molecule is CCC1OC1C(C)Cc1cccc(Cl)c1. The quantitative estimate of drug-likeness (QED) is 0.711. The van der Waals surface area contributed by atoms with Gasteiger partial charge >= 0.3 is 0 Å². The van der Waals surface area contributed by atoms with E-state index in [1.807, 2.05) is 18.2 Å². The van der Waals surface area contributed by atoms with Gasteiger partial charge in [-0.15, -0.1) is 0 Å². The monoisotopic (exact) mass is 224 g/mol. The summed E-state index contributed by atoms with van der Waals surface area (Å²) in [6.07, 6.45) is 3.15. The Kier molecular flexibility index (Phi) is 3.32. The zero-order chi connectivity index (χ0) is 10.8. The zero-order valence-electron chi connectivity index (χ0n) is 9.24. The van der Waals surface area contributed by atoms with Gasteiger partial charge in [-0.1, -0.05) is 37.6 Å². The van der Waals surface area contributed by atoms with Gasteiger partial charge in [0.05, 0.1) is 12.2 Å². The molecule has 3 atom stereocenters. The molecule has 0 spiro atoms. The van der Waals surface area contributed by atoms with Crippen molar-refractivity contribution in [3.05, 3.63) is 34.9 Å². The lowest BCUT2D eigenvalue weighted by Crippen LogP contribution is -2.09. The average molecular weight is 225 g/mol. The van der Waals surface area contributed by atoms with E-state index in [1.54, 1.807) is 0 Å². The highest BCUT2D eigenvalue weighted by Crippen LogP contribution is 2.33. The van der Waals surface area contributed by atoms with Crippen LogP contribution < -0.4 is 0 Å². The van der Waals surface area contributed by atoms with Crippen LogP contribution in [0, 0.1) is 5.92 Å². The van der Waals surface area contributed by atoms with E-state index < -0.39 is 0 Å². The summed E-state index contributed by atoms with van der Waals surface area (Å²) in [5, 5.41) is 0.823. The van der Waals surface area contributed by atoms with Gasteiger partial charge in [-0.3, -0.25) is 0 Å². The van der Waals surface area contributed by atoms with Gasteiger partial charge in [-0.25, -0.2) is 0 Å². The molecule has 1 aliphatic rings. The van der Waals surface area contributed by atoms with Gasteiger partial charge in [-0.2, -0.15) is 0 Å². The van der Waals surface area contributed by atoms with Crippen molar-refractivity contribution in [1.82, 2.24) is 0 Å². The van der Waals surface area contributed by atoms with Crippen molar-refractivity contribution in [3.8, 4) is 0 Å². The lowest BCUT2D eigenvalue weighted by Gasteiger charge is -2.08. The van der Waals surface area contributed by atoms with Crippen LogP contribution in [0.4, 0.5) is 0 Å². The maximum Gasteiger partial charge on any atom is 0.0870 e. The highest BCUT2D eigenvalue weighted by Gasteiger charge is 2.40. The fraction of sp³-hybridized carbons (Fsp3) is 0.538. The first-order chi connectivity index (χ1) is 7.20. The van der Waals surface area contributed by atoms with E-state index in [0.29, 0.717) is 18.1 Å². The van der Waals surface area contributed by atoms with Gasteiger partial charge in [0.2, 0.25) is 0 Å². The molecule has 0 N–H and O–H groups in total. The molecule has 2 heteroatoms. The molecule has 1 aliphatic heterocycles. The first-order valence-electron chi connectivity index (χ1n) is 5.60. The molecule has 1 aromatic carbocycles. The lowest BCUT2D eigenvalue weighted by atomic mass is 9.96. The number of hydrogen-bond acceptors (Lipinski definition) is 1. The molecule has 0 aliphatic carbocycles. The molecule has 1 fully saturated rings. The molecule has 1 saturated heterocycles. The molecule has 15 heavy (non-hydrogen) atoms. The third-order valence-electron chi connectivity index (χ3n) is 3.03. The summed E-state index contributed by atoms with van der Waals surface area (Å²) in [6, 6.07) is 8.10. The molecule has 2 rings (SSSR count). The Labute approximate surface area is 96.4 Å². The molecule has 0 bridgehead atoms. The third-order valence-corrected chi connectivity index (χ3v) is 3.27. The van der Waals surface area contributed by atoms with Crippen LogP contribution >= 0.6 is 11.6 Å². The van der Waals surface area contributed by atoms with Crippen LogP contribution in [0.2, 0.25) is 5.02 Å². The van der Waals surface area contributed by atoms with Crippen LogP contribution in [0.15, 0.2) is 24.3 Å². The van der Waals surface area contributed by atoms with E-state index in [9.17, 15) is 0 Å². The molecule has 0 radical (unpaired) electrons. The van der Waals surface area contributed by atoms with Crippen molar-refractivity contribution in [2.45, 2.75) is 38.9 Å². The maximum atomic E-state index is 5.95. The Morgan fingerprint density at radius 2 is 2.27 bits per heavy atom. The second kappa shape index (κ2) is 4.54. The van der Waals surface area contributed by atoms with Crippen LogP contribution in [0.5, 0.6) is 0 Å². The molecule has 0 aromatic heterocycles. The summed E-state index contributed by atoms with van der Waals surface area (Å²) in [6.45, 7) is 4.43. The molecule has 1 heterocycles. The van der Waals surface area contributed by atoms with Crippen molar-refractivity contribution >= 4 is 11.6 Å². The Hall–Kier alpha value is -0.530. The third kappa shape index (κ3) is 2.73. The number of epoxide rings is 1. The van der Waals surface area contributed by atoms with Gasteiger partial charge in [-0.05, 0) is 36.5 Å². The van der Waals surface area contributed by atoms with Crippen LogP contribution in [-0.4, -0.2) is 12.2 Å². The predicted octanol–water partition coefficient (Wildman–Crippen LogP) is 3.70. The topological polar surface area (TPSA) is 12.5 Å². The fourth-order valence-corrected chi connectivity index (χ4v) is 2.35. The molecule has 1 aromatic rings. The van der Waals surface area contributed by atoms with Crippen LogP contribution in [-0.2, 0) is 11.2 Å². The molecule has 0 saturated carbocycles. The molecule has 1 nitrogen and oxygen atoms in total. The summed E-state index contributed by atoms with van der Waals surface area (Å²) < 4.78 is 5.60.